The number of ether oxygens (including phenoxy) is 1. The van der Waals surface area contributed by atoms with Gasteiger partial charge in [0, 0.05) is 49.9 Å². The third-order valence-electron chi connectivity index (χ3n) is 5.94. The maximum Gasteiger partial charge on any atom is 0.274 e. The summed E-state index contributed by atoms with van der Waals surface area (Å²) >= 11 is 1.44. The molecular formula is C25H25N5O2S. The minimum atomic E-state index is -0.176. The number of benzene rings is 1. The molecule has 5 rings (SSSR count). The Morgan fingerprint density at radius 1 is 1.15 bits per heavy atom. The molecule has 2 atom stereocenters. The lowest BCUT2D eigenvalue weighted by molar-refractivity contribution is 0.0946. The fourth-order valence-corrected chi connectivity index (χ4v) is 5.09. The number of hydrogen-bond acceptors (Lipinski definition) is 6. The standard InChI is InChI=1S/C25H25N5O2S/c1-32-22-11-15-30(19-6-3-2-4-7-19)23(22)20-17-33-25(27-20)28-24(31)21-8-5-14-29(21)16-18-9-12-26-13-10-18/h2-10,12-14,17,22-23H,11,15-16H2,1H3,(H,27,28,31)/t22-,23+/m1/s1. The fourth-order valence-electron chi connectivity index (χ4n) is 4.35. The molecule has 0 aliphatic carbocycles. The minimum Gasteiger partial charge on any atom is -0.379 e. The van der Waals surface area contributed by atoms with Crippen molar-refractivity contribution in [1.82, 2.24) is 14.5 Å². The van der Waals surface area contributed by atoms with Gasteiger partial charge in [-0.25, -0.2) is 4.98 Å². The lowest BCUT2D eigenvalue weighted by Gasteiger charge is -2.28. The van der Waals surface area contributed by atoms with Crippen molar-refractivity contribution in [2.45, 2.75) is 25.1 Å². The van der Waals surface area contributed by atoms with E-state index in [9.17, 15) is 4.79 Å². The van der Waals surface area contributed by atoms with Crippen LogP contribution in [0.1, 0.15) is 34.2 Å². The predicted octanol–water partition coefficient (Wildman–Crippen LogP) is 4.61. The first-order chi connectivity index (χ1) is 16.2. The number of amides is 1. The molecule has 3 aromatic heterocycles. The normalized spacial score (nSPS) is 17.9. The van der Waals surface area contributed by atoms with Gasteiger partial charge in [0.2, 0.25) is 0 Å². The summed E-state index contributed by atoms with van der Waals surface area (Å²) in [5.41, 5.74) is 3.73. The van der Waals surface area contributed by atoms with Crippen molar-refractivity contribution < 1.29 is 9.53 Å². The van der Waals surface area contributed by atoms with Gasteiger partial charge in [0.25, 0.3) is 5.91 Å². The first-order valence-electron chi connectivity index (χ1n) is 10.9. The number of anilines is 2. The topological polar surface area (TPSA) is 72.3 Å². The van der Waals surface area contributed by atoms with Gasteiger partial charge < -0.3 is 14.2 Å². The predicted molar refractivity (Wildman–Crippen MR) is 130 cm³/mol. The van der Waals surface area contributed by atoms with Crippen molar-refractivity contribution in [3.05, 3.63) is 95.5 Å². The van der Waals surface area contributed by atoms with E-state index in [1.165, 1.54) is 11.3 Å². The van der Waals surface area contributed by atoms with Crippen molar-refractivity contribution in [2.24, 2.45) is 0 Å². The second kappa shape index (κ2) is 9.56. The van der Waals surface area contributed by atoms with Gasteiger partial charge in [0.1, 0.15) is 5.69 Å². The molecule has 0 unspecified atom stereocenters. The number of carbonyl (C=O) groups is 1. The number of rotatable bonds is 7. The summed E-state index contributed by atoms with van der Waals surface area (Å²) in [6.45, 7) is 1.50. The van der Waals surface area contributed by atoms with E-state index in [1.54, 1.807) is 19.5 Å². The van der Waals surface area contributed by atoms with Crippen LogP contribution in [0.25, 0.3) is 0 Å². The highest BCUT2D eigenvalue weighted by Crippen LogP contribution is 2.38. The van der Waals surface area contributed by atoms with Crippen LogP contribution in [-0.4, -0.2) is 40.2 Å². The van der Waals surface area contributed by atoms with Crippen LogP contribution >= 0.6 is 11.3 Å². The summed E-state index contributed by atoms with van der Waals surface area (Å²) in [5.74, 6) is -0.176. The molecule has 0 bridgehead atoms. The molecule has 1 saturated heterocycles. The second-order valence-electron chi connectivity index (χ2n) is 7.95. The number of hydrogen-bond donors (Lipinski definition) is 1. The second-order valence-corrected chi connectivity index (χ2v) is 8.80. The number of nitrogens with one attached hydrogen (secondary N) is 1. The highest BCUT2D eigenvalue weighted by Gasteiger charge is 2.37. The summed E-state index contributed by atoms with van der Waals surface area (Å²) < 4.78 is 7.70. The van der Waals surface area contributed by atoms with Gasteiger partial charge in [-0.2, -0.15) is 0 Å². The average molecular weight is 460 g/mol. The molecular weight excluding hydrogens is 434 g/mol. The van der Waals surface area contributed by atoms with Crippen molar-refractivity contribution in [3.8, 4) is 0 Å². The van der Waals surface area contributed by atoms with Gasteiger partial charge in [-0.3, -0.25) is 15.1 Å². The number of pyridine rings is 1. The summed E-state index contributed by atoms with van der Waals surface area (Å²) in [7, 11) is 1.75. The van der Waals surface area contributed by atoms with Gasteiger partial charge >= 0.3 is 0 Å². The van der Waals surface area contributed by atoms with E-state index < -0.39 is 0 Å². The maximum atomic E-state index is 13.0. The van der Waals surface area contributed by atoms with Gasteiger partial charge in [0.15, 0.2) is 5.13 Å². The van der Waals surface area contributed by atoms with Crippen molar-refractivity contribution in [3.63, 3.8) is 0 Å². The Morgan fingerprint density at radius 2 is 1.97 bits per heavy atom. The van der Waals surface area contributed by atoms with Crippen LogP contribution in [-0.2, 0) is 11.3 Å². The third-order valence-corrected chi connectivity index (χ3v) is 6.72. The lowest BCUT2D eigenvalue weighted by Crippen LogP contribution is -2.28. The molecule has 1 aliphatic heterocycles. The third kappa shape index (κ3) is 4.53. The molecule has 1 aliphatic rings. The number of methoxy groups -OCH3 is 1. The van der Waals surface area contributed by atoms with E-state index in [0.717, 1.165) is 29.9 Å². The van der Waals surface area contributed by atoms with Gasteiger partial charge in [0.05, 0.1) is 17.8 Å². The Kier molecular flexibility index (Phi) is 6.19. The molecule has 0 spiro atoms. The Morgan fingerprint density at radius 3 is 2.76 bits per heavy atom. The molecule has 33 heavy (non-hydrogen) atoms. The van der Waals surface area contributed by atoms with Crippen LogP contribution in [0.5, 0.6) is 0 Å². The monoisotopic (exact) mass is 459 g/mol. The smallest absolute Gasteiger partial charge is 0.274 e. The zero-order valence-corrected chi connectivity index (χ0v) is 19.1. The molecule has 4 heterocycles. The minimum absolute atomic E-state index is 0.00912. The van der Waals surface area contributed by atoms with Gasteiger partial charge in [-0.1, -0.05) is 18.2 Å². The molecule has 1 aromatic carbocycles. The number of carbonyl (C=O) groups excluding carboxylic acids is 1. The zero-order chi connectivity index (χ0) is 22.6. The largest absolute Gasteiger partial charge is 0.379 e. The fraction of sp³-hybridized carbons (Fsp3) is 0.240. The van der Waals surface area contributed by atoms with Crippen LogP contribution in [0.15, 0.2) is 78.6 Å². The van der Waals surface area contributed by atoms with E-state index >= 15 is 0 Å². The number of thiazole rings is 1. The van der Waals surface area contributed by atoms with Crippen LogP contribution in [0, 0.1) is 0 Å². The van der Waals surface area contributed by atoms with Crippen LogP contribution in [0.2, 0.25) is 0 Å². The summed E-state index contributed by atoms with van der Waals surface area (Å²) in [5, 5.41) is 5.58. The Balaban J connectivity index is 1.33. The van der Waals surface area contributed by atoms with Crippen molar-refractivity contribution in [2.75, 3.05) is 23.9 Å². The van der Waals surface area contributed by atoms with Crippen LogP contribution in [0.3, 0.4) is 0 Å². The summed E-state index contributed by atoms with van der Waals surface area (Å²) in [6.07, 6.45) is 6.39. The van der Waals surface area contributed by atoms with Crippen LogP contribution in [0.4, 0.5) is 10.8 Å². The number of aromatic nitrogens is 3. The van der Waals surface area contributed by atoms with E-state index in [-0.39, 0.29) is 18.1 Å². The lowest BCUT2D eigenvalue weighted by atomic mass is 10.1. The number of nitrogens with zero attached hydrogens (tertiary/aromatic N) is 4. The first-order valence-corrected chi connectivity index (χ1v) is 11.8. The van der Waals surface area contributed by atoms with E-state index in [0.29, 0.717) is 17.4 Å². The van der Waals surface area contributed by atoms with E-state index in [1.807, 2.05) is 58.6 Å². The van der Waals surface area contributed by atoms with Gasteiger partial charge in [-0.05, 0) is 48.4 Å². The molecule has 1 N–H and O–H groups in total. The first kappa shape index (κ1) is 21.4. The Labute approximate surface area is 196 Å². The Bertz CT molecular complexity index is 1210. The van der Waals surface area contributed by atoms with Crippen LogP contribution < -0.4 is 10.2 Å². The van der Waals surface area contributed by atoms with E-state index in [2.05, 4.69) is 27.3 Å². The zero-order valence-electron chi connectivity index (χ0n) is 18.3. The molecule has 4 aromatic rings. The summed E-state index contributed by atoms with van der Waals surface area (Å²) in [4.78, 5) is 24.2. The molecule has 0 radical (unpaired) electrons. The molecule has 0 saturated carbocycles. The van der Waals surface area contributed by atoms with Crippen molar-refractivity contribution >= 4 is 28.1 Å². The molecule has 8 heteroatoms. The average Bonchev–Trinajstić information content (AvgIpc) is 3.59. The molecule has 7 nitrogen and oxygen atoms in total. The molecule has 168 valence electrons. The van der Waals surface area contributed by atoms with E-state index in [4.69, 9.17) is 9.72 Å². The summed E-state index contributed by atoms with van der Waals surface area (Å²) in [6, 6.07) is 17.9. The molecule has 1 amide bonds. The quantitative estimate of drug-likeness (QED) is 0.437. The highest BCUT2D eigenvalue weighted by molar-refractivity contribution is 7.14. The molecule has 1 fully saturated rings. The number of para-hydroxylation sites is 1. The highest BCUT2D eigenvalue weighted by atomic mass is 32.1. The van der Waals surface area contributed by atoms with Crippen molar-refractivity contribution in [1.29, 1.82) is 0 Å². The van der Waals surface area contributed by atoms with Gasteiger partial charge in [-0.15, -0.1) is 11.3 Å². The SMILES string of the molecule is CO[C@@H]1CCN(c2ccccc2)[C@H]1c1csc(NC(=O)c2cccn2Cc2ccncc2)n1. The maximum absolute atomic E-state index is 13.0. The Hall–Kier alpha value is -3.49.